The molecule has 0 heterocycles. The Kier molecular flexibility index (Phi) is 40.9. The second-order valence-electron chi connectivity index (χ2n) is 13.3. The lowest BCUT2D eigenvalue weighted by Gasteiger charge is -2.18. The smallest absolute Gasteiger partial charge is 0.309 e. The van der Waals surface area contributed by atoms with Crippen LogP contribution in [-0.4, -0.2) is 37.2 Å². The van der Waals surface area contributed by atoms with E-state index < -0.39 is 18.0 Å². The average molecular weight is 795 g/mol. The minimum atomic E-state index is -0.858. The standard InChI is InChI=1S/C52H74O6/c1-4-7-10-13-16-19-21-23-24-25-26-27-28-29-31-33-36-39-42-45-51(54)57-48-49(47-56-50(53)44-41-38-35-32-18-15-12-9-6-3)58-52(55)46-43-40-37-34-30-22-20-17-14-11-8-5-2/h7-13,16-21,23-32,34,38,41,49H,4-6,14-15,22,33,35-37,39-40,42-48H2,1-3H3/b10-7-,11-8-,12-9-,16-13-,20-17-,21-19-,24-23-,26-25+,28-27-,31-29-,32-18-,34-30-,41-38-. The van der Waals surface area contributed by atoms with Gasteiger partial charge in [0.15, 0.2) is 6.10 Å². The van der Waals surface area contributed by atoms with Gasteiger partial charge in [-0.15, -0.1) is 0 Å². The Balaban J connectivity index is 4.62. The summed E-state index contributed by atoms with van der Waals surface area (Å²) in [5.41, 5.74) is 0. The lowest BCUT2D eigenvalue weighted by Crippen LogP contribution is -2.30. The number of hydrogen-bond acceptors (Lipinski definition) is 6. The molecule has 0 aliphatic carbocycles. The fraction of sp³-hybridized carbons (Fsp3) is 0.442. The molecule has 0 bridgehead atoms. The van der Waals surface area contributed by atoms with Crippen molar-refractivity contribution < 1.29 is 28.6 Å². The van der Waals surface area contributed by atoms with Crippen molar-refractivity contribution in [2.24, 2.45) is 0 Å². The summed E-state index contributed by atoms with van der Waals surface area (Å²) in [6.07, 6.45) is 65.5. The molecule has 0 rings (SSSR count). The molecule has 0 N–H and O–H groups in total. The Morgan fingerprint density at radius 2 is 0.776 bits per heavy atom. The number of allylic oxidation sites excluding steroid dienone is 25. The fourth-order valence-electron chi connectivity index (χ4n) is 4.85. The Morgan fingerprint density at radius 3 is 1.33 bits per heavy atom. The van der Waals surface area contributed by atoms with Crippen LogP contribution in [0.5, 0.6) is 0 Å². The van der Waals surface area contributed by atoms with Gasteiger partial charge in [-0.3, -0.25) is 14.4 Å². The molecule has 0 amide bonds. The molecule has 6 heteroatoms. The summed E-state index contributed by atoms with van der Waals surface area (Å²) in [5.74, 6) is -1.19. The van der Waals surface area contributed by atoms with Crippen LogP contribution in [0, 0.1) is 0 Å². The van der Waals surface area contributed by atoms with Crippen molar-refractivity contribution in [3.8, 4) is 0 Å². The molecule has 0 aliphatic rings. The fourth-order valence-corrected chi connectivity index (χ4v) is 4.85. The lowest BCUT2D eigenvalue weighted by atomic mass is 10.1. The molecule has 0 radical (unpaired) electrons. The van der Waals surface area contributed by atoms with E-state index in [9.17, 15) is 14.4 Å². The first-order chi connectivity index (χ1) is 28.5. The van der Waals surface area contributed by atoms with Gasteiger partial charge in [0, 0.05) is 12.8 Å². The van der Waals surface area contributed by atoms with Gasteiger partial charge in [-0.05, 0) is 83.5 Å². The van der Waals surface area contributed by atoms with E-state index in [1.165, 1.54) is 0 Å². The quantitative estimate of drug-likeness (QED) is 0.0209. The van der Waals surface area contributed by atoms with Crippen molar-refractivity contribution in [3.05, 3.63) is 158 Å². The second kappa shape index (κ2) is 44.7. The summed E-state index contributed by atoms with van der Waals surface area (Å²) in [4.78, 5) is 37.6. The third-order valence-corrected chi connectivity index (χ3v) is 7.99. The maximum absolute atomic E-state index is 12.7. The van der Waals surface area contributed by atoms with Crippen LogP contribution in [0.25, 0.3) is 0 Å². The highest BCUT2D eigenvalue weighted by Crippen LogP contribution is 2.09. The van der Waals surface area contributed by atoms with Crippen molar-refractivity contribution in [2.45, 2.75) is 136 Å². The minimum absolute atomic E-state index is 0.109. The molecule has 0 aromatic heterocycles. The molecule has 1 unspecified atom stereocenters. The largest absolute Gasteiger partial charge is 0.462 e. The van der Waals surface area contributed by atoms with Crippen LogP contribution in [0.2, 0.25) is 0 Å². The van der Waals surface area contributed by atoms with E-state index in [0.29, 0.717) is 12.8 Å². The van der Waals surface area contributed by atoms with Crippen molar-refractivity contribution in [1.29, 1.82) is 0 Å². The summed E-state index contributed by atoms with van der Waals surface area (Å²) in [5, 5.41) is 0. The molecular weight excluding hydrogens is 721 g/mol. The third kappa shape index (κ3) is 42.2. The predicted molar refractivity (Wildman–Crippen MR) is 246 cm³/mol. The zero-order valence-electron chi connectivity index (χ0n) is 36.0. The summed E-state index contributed by atoms with van der Waals surface area (Å²) >= 11 is 0. The Labute approximate surface area is 352 Å². The van der Waals surface area contributed by atoms with E-state index in [4.69, 9.17) is 14.2 Å². The minimum Gasteiger partial charge on any atom is -0.462 e. The number of esters is 3. The molecule has 0 aromatic carbocycles. The Morgan fingerprint density at radius 1 is 0.379 bits per heavy atom. The molecule has 58 heavy (non-hydrogen) atoms. The maximum atomic E-state index is 12.7. The van der Waals surface area contributed by atoms with E-state index in [0.717, 1.165) is 77.0 Å². The Hall–Kier alpha value is -4.97. The molecule has 0 aliphatic heterocycles. The molecule has 6 nitrogen and oxygen atoms in total. The van der Waals surface area contributed by atoms with Crippen LogP contribution in [0.4, 0.5) is 0 Å². The molecule has 1 atom stereocenters. The van der Waals surface area contributed by atoms with E-state index in [1.54, 1.807) is 6.08 Å². The van der Waals surface area contributed by atoms with Gasteiger partial charge in [0.2, 0.25) is 0 Å². The van der Waals surface area contributed by atoms with Crippen molar-refractivity contribution in [1.82, 2.24) is 0 Å². The van der Waals surface area contributed by atoms with Gasteiger partial charge in [-0.1, -0.05) is 185 Å². The summed E-state index contributed by atoms with van der Waals surface area (Å²) in [6, 6.07) is 0. The van der Waals surface area contributed by atoms with Gasteiger partial charge in [0.05, 0.1) is 6.42 Å². The van der Waals surface area contributed by atoms with E-state index in [2.05, 4.69) is 93.7 Å². The summed E-state index contributed by atoms with van der Waals surface area (Å²) in [6.45, 7) is 6.02. The topological polar surface area (TPSA) is 78.9 Å². The number of carbonyl (C=O) groups excluding carboxylic acids is 3. The van der Waals surface area contributed by atoms with Crippen LogP contribution < -0.4 is 0 Å². The maximum Gasteiger partial charge on any atom is 0.309 e. The first kappa shape index (κ1) is 53.0. The van der Waals surface area contributed by atoms with Crippen LogP contribution >= 0.6 is 0 Å². The molecule has 0 aromatic rings. The molecule has 318 valence electrons. The zero-order chi connectivity index (χ0) is 42.3. The third-order valence-electron chi connectivity index (χ3n) is 7.99. The highest BCUT2D eigenvalue weighted by molar-refractivity contribution is 5.72. The van der Waals surface area contributed by atoms with Gasteiger partial charge in [0.25, 0.3) is 0 Å². The predicted octanol–water partition coefficient (Wildman–Crippen LogP) is 13.9. The van der Waals surface area contributed by atoms with Crippen molar-refractivity contribution >= 4 is 17.9 Å². The second-order valence-corrected chi connectivity index (χ2v) is 13.3. The number of carbonyl (C=O) groups is 3. The number of hydrogen-bond donors (Lipinski definition) is 0. The number of rotatable bonds is 35. The first-order valence-corrected chi connectivity index (χ1v) is 21.6. The highest BCUT2D eigenvalue weighted by Gasteiger charge is 2.19. The molecule has 0 fully saturated rings. The Bertz CT molecular complexity index is 1420. The number of ether oxygens (including phenoxy) is 3. The van der Waals surface area contributed by atoms with Crippen LogP contribution in [-0.2, 0) is 28.6 Å². The van der Waals surface area contributed by atoms with Gasteiger partial charge in [0.1, 0.15) is 13.2 Å². The lowest BCUT2D eigenvalue weighted by molar-refractivity contribution is -0.166. The molecular formula is C52H74O6. The molecule has 0 saturated heterocycles. The van der Waals surface area contributed by atoms with Crippen LogP contribution in [0.3, 0.4) is 0 Å². The molecule has 0 spiro atoms. The van der Waals surface area contributed by atoms with Crippen molar-refractivity contribution in [3.63, 3.8) is 0 Å². The summed E-state index contributed by atoms with van der Waals surface area (Å²) < 4.78 is 16.5. The average Bonchev–Trinajstić information content (AvgIpc) is 3.22. The normalized spacial score (nSPS) is 13.6. The summed E-state index contributed by atoms with van der Waals surface area (Å²) in [7, 11) is 0. The van der Waals surface area contributed by atoms with E-state index in [-0.39, 0.29) is 38.4 Å². The van der Waals surface area contributed by atoms with Gasteiger partial charge < -0.3 is 14.2 Å². The SMILES string of the molecule is CC\C=C/C=C\C=C/C=C\C=C\C=C/C=C\CCCCCC(=O)OCC(COC(=O)C/C=C\C/C=C\C/C=C\CC)OC(=O)CCCC/C=C\C/C=C\C/C=C\CC. The highest BCUT2D eigenvalue weighted by atomic mass is 16.6. The molecule has 0 saturated carbocycles. The van der Waals surface area contributed by atoms with Crippen LogP contribution in [0.15, 0.2) is 158 Å². The van der Waals surface area contributed by atoms with Gasteiger partial charge >= 0.3 is 17.9 Å². The van der Waals surface area contributed by atoms with Gasteiger partial charge in [-0.2, -0.15) is 0 Å². The van der Waals surface area contributed by atoms with E-state index in [1.807, 2.05) is 79.0 Å². The van der Waals surface area contributed by atoms with Crippen LogP contribution in [0.1, 0.15) is 130 Å². The van der Waals surface area contributed by atoms with Gasteiger partial charge in [-0.25, -0.2) is 0 Å². The zero-order valence-corrected chi connectivity index (χ0v) is 36.0. The van der Waals surface area contributed by atoms with E-state index >= 15 is 0 Å². The number of unbranched alkanes of at least 4 members (excludes halogenated alkanes) is 5. The first-order valence-electron chi connectivity index (χ1n) is 21.6. The van der Waals surface area contributed by atoms with Crippen molar-refractivity contribution in [2.75, 3.05) is 13.2 Å². The monoisotopic (exact) mass is 795 g/mol.